The molecule has 148 valence electrons. The lowest BCUT2D eigenvalue weighted by Crippen LogP contribution is -2.28. The van der Waals surface area contributed by atoms with Gasteiger partial charge < -0.3 is 5.73 Å². The number of carbonyl (C=O) groups is 1. The Morgan fingerprint density at radius 1 is 1.24 bits per heavy atom. The van der Waals surface area contributed by atoms with E-state index in [0.717, 1.165) is 5.56 Å². The standard InChI is InChI=1S/C18H13Cl2N5O3S/c19-12-6-5-10(7-13(12)20)15-9-29-18(22-15)24-23-14(17(21)26)8-11-3-1-2-4-16(11)25(27)28/h1-7,9,14H,8H2,(H2,21,26). The summed E-state index contributed by atoms with van der Waals surface area (Å²) in [4.78, 5) is 26.7. The smallest absolute Gasteiger partial charge is 0.272 e. The predicted molar refractivity (Wildman–Crippen MR) is 112 cm³/mol. The normalized spacial score (nSPS) is 12.2. The molecule has 1 unspecified atom stereocenters. The summed E-state index contributed by atoms with van der Waals surface area (Å²) in [5.41, 5.74) is 7.01. The second kappa shape index (κ2) is 9.08. The van der Waals surface area contributed by atoms with E-state index in [1.807, 2.05) is 0 Å². The SMILES string of the molecule is NC(=O)C(Cc1ccccc1[N+](=O)[O-])N=Nc1nc(-c2ccc(Cl)c(Cl)c2)cs1. The van der Waals surface area contributed by atoms with Gasteiger partial charge in [-0.05, 0) is 12.1 Å². The molecule has 1 heterocycles. The van der Waals surface area contributed by atoms with Crippen molar-refractivity contribution in [3.63, 3.8) is 0 Å². The molecule has 1 aromatic heterocycles. The summed E-state index contributed by atoms with van der Waals surface area (Å²) in [7, 11) is 0. The first-order chi connectivity index (χ1) is 13.8. The van der Waals surface area contributed by atoms with Crippen molar-refractivity contribution < 1.29 is 9.72 Å². The lowest BCUT2D eigenvalue weighted by atomic mass is 10.0. The molecule has 0 fully saturated rings. The molecule has 0 aliphatic rings. The minimum atomic E-state index is -1.06. The van der Waals surface area contributed by atoms with Gasteiger partial charge in [0.25, 0.3) is 5.69 Å². The monoisotopic (exact) mass is 449 g/mol. The Hall–Kier alpha value is -2.88. The van der Waals surface area contributed by atoms with Gasteiger partial charge in [0.15, 0.2) is 6.04 Å². The minimum Gasteiger partial charge on any atom is -0.368 e. The number of halogens is 2. The number of rotatable bonds is 7. The molecule has 1 atom stereocenters. The van der Waals surface area contributed by atoms with Crippen LogP contribution >= 0.6 is 34.5 Å². The van der Waals surface area contributed by atoms with Crippen LogP contribution in [0.25, 0.3) is 11.3 Å². The third kappa shape index (κ3) is 5.14. The van der Waals surface area contributed by atoms with E-state index in [9.17, 15) is 14.9 Å². The number of hydrogen-bond acceptors (Lipinski definition) is 7. The number of azo groups is 1. The minimum absolute atomic E-state index is 0.0407. The van der Waals surface area contributed by atoms with E-state index < -0.39 is 16.9 Å². The zero-order valence-electron chi connectivity index (χ0n) is 14.7. The van der Waals surface area contributed by atoms with Gasteiger partial charge in [-0.2, -0.15) is 5.11 Å². The number of primary amides is 1. The van der Waals surface area contributed by atoms with Crippen LogP contribution in [0.5, 0.6) is 0 Å². The lowest BCUT2D eigenvalue weighted by molar-refractivity contribution is -0.385. The van der Waals surface area contributed by atoms with Crippen LogP contribution in [0.4, 0.5) is 10.8 Å². The molecule has 0 aliphatic carbocycles. The molecule has 0 saturated carbocycles. The van der Waals surface area contributed by atoms with E-state index in [0.29, 0.717) is 26.4 Å². The number of nitrogens with two attached hydrogens (primary N) is 1. The second-order valence-electron chi connectivity index (χ2n) is 5.87. The van der Waals surface area contributed by atoms with Gasteiger partial charge in [0, 0.05) is 29.0 Å². The maximum atomic E-state index is 11.8. The molecule has 3 aromatic rings. The van der Waals surface area contributed by atoms with Crippen molar-refractivity contribution in [1.29, 1.82) is 0 Å². The fraction of sp³-hybridized carbons (Fsp3) is 0.111. The fourth-order valence-electron chi connectivity index (χ4n) is 2.49. The highest BCUT2D eigenvalue weighted by Gasteiger charge is 2.21. The Kier molecular flexibility index (Phi) is 6.53. The molecule has 2 N–H and O–H groups in total. The van der Waals surface area contributed by atoms with Crippen LogP contribution in [0.2, 0.25) is 10.0 Å². The first-order valence-electron chi connectivity index (χ1n) is 8.18. The Balaban J connectivity index is 1.80. The van der Waals surface area contributed by atoms with Crippen molar-refractivity contribution in [3.05, 3.63) is 73.6 Å². The average Bonchev–Trinajstić information content (AvgIpc) is 3.16. The summed E-state index contributed by atoms with van der Waals surface area (Å²) in [5.74, 6) is -0.742. The molecule has 11 heteroatoms. The Morgan fingerprint density at radius 3 is 2.69 bits per heavy atom. The zero-order chi connectivity index (χ0) is 21.0. The summed E-state index contributed by atoms with van der Waals surface area (Å²) in [6.45, 7) is 0. The Labute approximate surface area is 179 Å². The third-order valence-corrected chi connectivity index (χ3v) is 5.38. The first-order valence-corrected chi connectivity index (χ1v) is 9.82. The first kappa shape index (κ1) is 20.8. The number of thiazole rings is 1. The molecule has 0 aliphatic heterocycles. The summed E-state index contributed by atoms with van der Waals surface area (Å²) < 4.78 is 0. The van der Waals surface area contributed by atoms with Gasteiger partial charge in [0.1, 0.15) is 0 Å². The van der Waals surface area contributed by atoms with Crippen LogP contribution in [0.1, 0.15) is 5.56 Å². The number of aromatic nitrogens is 1. The van der Waals surface area contributed by atoms with Gasteiger partial charge >= 0.3 is 0 Å². The Bertz CT molecular complexity index is 1100. The largest absolute Gasteiger partial charge is 0.368 e. The molecule has 2 aromatic carbocycles. The van der Waals surface area contributed by atoms with Crippen molar-refractivity contribution in [1.82, 2.24) is 4.98 Å². The highest BCUT2D eigenvalue weighted by Crippen LogP contribution is 2.31. The summed E-state index contributed by atoms with van der Waals surface area (Å²) in [6.07, 6.45) is -0.0407. The Morgan fingerprint density at radius 2 is 2.00 bits per heavy atom. The number of hydrogen-bond donors (Lipinski definition) is 1. The van der Waals surface area contributed by atoms with Crippen molar-refractivity contribution in [2.45, 2.75) is 12.5 Å². The lowest BCUT2D eigenvalue weighted by Gasteiger charge is -2.07. The van der Waals surface area contributed by atoms with E-state index in [1.54, 1.807) is 41.8 Å². The highest BCUT2D eigenvalue weighted by molar-refractivity contribution is 7.13. The third-order valence-electron chi connectivity index (χ3n) is 3.92. The van der Waals surface area contributed by atoms with E-state index in [2.05, 4.69) is 15.2 Å². The molecular weight excluding hydrogens is 437 g/mol. The van der Waals surface area contributed by atoms with Gasteiger partial charge in [0.2, 0.25) is 11.0 Å². The van der Waals surface area contributed by atoms with Crippen LogP contribution in [0, 0.1) is 10.1 Å². The van der Waals surface area contributed by atoms with E-state index >= 15 is 0 Å². The summed E-state index contributed by atoms with van der Waals surface area (Å²) in [6, 6.07) is 10.1. The van der Waals surface area contributed by atoms with E-state index in [1.165, 1.54) is 17.4 Å². The number of nitro benzene ring substituents is 1. The fourth-order valence-corrected chi connectivity index (χ4v) is 3.43. The molecule has 0 radical (unpaired) electrons. The van der Waals surface area contributed by atoms with Crippen LogP contribution in [-0.2, 0) is 11.2 Å². The van der Waals surface area contributed by atoms with Crippen molar-refractivity contribution >= 4 is 51.3 Å². The molecule has 3 rings (SSSR count). The van der Waals surface area contributed by atoms with E-state index in [-0.39, 0.29) is 12.1 Å². The van der Waals surface area contributed by atoms with Gasteiger partial charge in [-0.15, -0.1) is 16.5 Å². The predicted octanol–water partition coefficient (Wildman–Crippen LogP) is 5.21. The van der Waals surface area contributed by atoms with Gasteiger partial charge in [-0.25, -0.2) is 4.98 Å². The maximum absolute atomic E-state index is 11.8. The van der Waals surface area contributed by atoms with Crippen LogP contribution < -0.4 is 5.73 Å². The van der Waals surface area contributed by atoms with Crippen LogP contribution in [0.3, 0.4) is 0 Å². The van der Waals surface area contributed by atoms with Gasteiger partial charge in [-0.3, -0.25) is 14.9 Å². The molecule has 8 nitrogen and oxygen atoms in total. The van der Waals surface area contributed by atoms with Crippen molar-refractivity contribution in [2.24, 2.45) is 16.0 Å². The molecule has 0 spiro atoms. The number of benzene rings is 2. The second-order valence-corrected chi connectivity index (χ2v) is 7.52. The summed E-state index contributed by atoms with van der Waals surface area (Å²) in [5, 5.41) is 22.0. The van der Waals surface area contributed by atoms with Crippen LogP contribution in [0.15, 0.2) is 58.1 Å². The maximum Gasteiger partial charge on any atom is 0.272 e. The molecule has 1 amide bonds. The van der Waals surface area contributed by atoms with Crippen LogP contribution in [-0.4, -0.2) is 21.9 Å². The zero-order valence-corrected chi connectivity index (χ0v) is 17.0. The van der Waals surface area contributed by atoms with Crippen molar-refractivity contribution in [2.75, 3.05) is 0 Å². The number of carbonyl (C=O) groups excluding carboxylic acids is 1. The molecular formula is C18H13Cl2N5O3S. The van der Waals surface area contributed by atoms with Gasteiger partial charge in [-0.1, -0.05) is 47.5 Å². The van der Waals surface area contributed by atoms with Crippen molar-refractivity contribution in [3.8, 4) is 11.3 Å². The molecule has 29 heavy (non-hydrogen) atoms. The number of nitro groups is 1. The van der Waals surface area contributed by atoms with Gasteiger partial charge in [0.05, 0.1) is 20.7 Å². The highest BCUT2D eigenvalue weighted by atomic mass is 35.5. The molecule has 0 saturated heterocycles. The average molecular weight is 450 g/mol. The quantitative estimate of drug-likeness (QED) is 0.302. The van der Waals surface area contributed by atoms with E-state index in [4.69, 9.17) is 28.9 Å². The number of nitrogens with zero attached hydrogens (tertiary/aromatic N) is 4. The summed E-state index contributed by atoms with van der Waals surface area (Å²) >= 11 is 13.2. The molecule has 0 bridgehead atoms. The topological polar surface area (TPSA) is 124 Å². The number of para-hydroxylation sites is 1. The number of amides is 1.